The van der Waals surface area contributed by atoms with Crippen molar-refractivity contribution >= 4 is 17.6 Å². The topological polar surface area (TPSA) is 44.8 Å². The fourth-order valence-corrected chi connectivity index (χ4v) is 2.64. The van der Waals surface area contributed by atoms with Gasteiger partial charge < -0.3 is 14.2 Å². The number of esters is 1. The van der Waals surface area contributed by atoms with Gasteiger partial charge in [0.25, 0.3) is 0 Å². The summed E-state index contributed by atoms with van der Waals surface area (Å²) < 4.78 is 16.5. The molecule has 0 fully saturated rings. The molecule has 138 valence electrons. The van der Waals surface area contributed by atoms with Crippen LogP contribution in [0, 0.1) is 6.92 Å². The van der Waals surface area contributed by atoms with Crippen LogP contribution < -0.4 is 14.2 Å². The lowest BCUT2D eigenvalue weighted by Gasteiger charge is -2.10. The molecule has 0 aliphatic carbocycles. The molecule has 0 amide bonds. The normalized spacial score (nSPS) is 10.3. The van der Waals surface area contributed by atoms with Gasteiger partial charge >= 0.3 is 5.97 Å². The van der Waals surface area contributed by atoms with E-state index in [1.54, 1.807) is 42.5 Å². The average molecular weight is 383 g/mol. The smallest absolute Gasteiger partial charge is 0.349 e. The van der Waals surface area contributed by atoms with E-state index >= 15 is 0 Å². The van der Waals surface area contributed by atoms with Crippen LogP contribution in [0.4, 0.5) is 0 Å². The van der Waals surface area contributed by atoms with E-state index in [1.165, 1.54) is 0 Å². The van der Waals surface area contributed by atoms with E-state index in [-0.39, 0.29) is 6.61 Å². The van der Waals surface area contributed by atoms with Crippen LogP contribution in [0.5, 0.6) is 17.2 Å². The highest BCUT2D eigenvalue weighted by Gasteiger charge is 2.08. The average Bonchev–Trinajstić information content (AvgIpc) is 2.67. The number of carbonyl (C=O) groups excluding carboxylic acids is 1. The van der Waals surface area contributed by atoms with E-state index in [9.17, 15) is 4.79 Å². The molecule has 0 unspecified atom stereocenters. The second-order valence-corrected chi connectivity index (χ2v) is 6.35. The van der Waals surface area contributed by atoms with Crippen LogP contribution in [-0.2, 0) is 11.4 Å². The van der Waals surface area contributed by atoms with Crippen molar-refractivity contribution in [2.75, 3.05) is 6.61 Å². The first-order chi connectivity index (χ1) is 13.1. The maximum absolute atomic E-state index is 12.0. The van der Waals surface area contributed by atoms with Crippen molar-refractivity contribution < 1.29 is 19.0 Å². The first-order valence-corrected chi connectivity index (χ1v) is 8.84. The summed E-state index contributed by atoms with van der Waals surface area (Å²) in [5.74, 6) is 1.25. The number of ether oxygens (including phenoxy) is 3. The van der Waals surface area contributed by atoms with Crippen LogP contribution in [-0.4, -0.2) is 12.6 Å². The molecule has 0 N–H and O–H groups in total. The van der Waals surface area contributed by atoms with E-state index in [0.29, 0.717) is 28.9 Å². The predicted molar refractivity (Wildman–Crippen MR) is 105 cm³/mol. The molecular formula is C22H19ClO4. The van der Waals surface area contributed by atoms with Crippen LogP contribution >= 0.6 is 11.6 Å². The minimum absolute atomic E-state index is 0.186. The maximum atomic E-state index is 12.0. The first-order valence-electron chi connectivity index (χ1n) is 8.46. The van der Waals surface area contributed by atoms with Crippen LogP contribution in [0.1, 0.15) is 11.1 Å². The Kier molecular flexibility index (Phi) is 6.34. The van der Waals surface area contributed by atoms with E-state index < -0.39 is 5.97 Å². The molecule has 0 radical (unpaired) electrons. The van der Waals surface area contributed by atoms with E-state index in [4.69, 9.17) is 25.8 Å². The molecule has 0 saturated carbocycles. The minimum atomic E-state index is -0.484. The molecule has 0 spiro atoms. The number of hydrogen-bond acceptors (Lipinski definition) is 4. The molecule has 0 aliphatic rings. The molecule has 3 rings (SSSR count). The third-order valence-electron chi connectivity index (χ3n) is 3.79. The van der Waals surface area contributed by atoms with E-state index in [0.717, 1.165) is 11.1 Å². The van der Waals surface area contributed by atoms with Gasteiger partial charge in [0.2, 0.25) is 0 Å². The van der Waals surface area contributed by atoms with Crippen molar-refractivity contribution in [2.24, 2.45) is 0 Å². The fourth-order valence-electron chi connectivity index (χ4n) is 2.42. The molecule has 0 aliphatic heterocycles. The summed E-state index contributed by atoms with van der Waals surface area (Å²) in [5.41, 5.74) is 1.94. The summed E-state index contributed by atoms with van der Waals surface area (Å²) in [7, 11) is 0. The highest BCUT2D eigenvalue weighted by atomic mass is 35.5. The van der Waals surface area contributed by atoms with Gasteiger partial charge in [-0.25, -0.2) is 4.79 Å². The summed E-state index contributed by atoms with van der Waals surface area (Å²) in [6, 6.07) is 22.0. The summed E-state index contributed by atoms with van der Waals surface area (Å²) in [6.45, 7) is 2.16. The lowest BCUT2D eigenvalue weighted by molar-refractivity contribution is -0.136. The molecule has 3 aromatic rings. The summed E-state index contributed by atoms with van der Waals surface area (Å²) >= 11 is 5.90. The Morgan fingerprint density at radius 2 is 1.59 bits per heavy atom. The van der Waals surface area contributed by atoms with Gasteiger partial charge in [0.15, 0.2) is 6.61 Å². The number of halogens is 1. The summed E-state index contributed by atoms with van der Waals surface area (Å²) in [6.07, 6.45) is 0. The maximum Gasteiger partial charge on any atom is 0.349 e. The Morgan fingerprint density at radius 3 is 2.30 bits per heavy atom. The van der Waals surface area contributed by atoms with Crippen molar-refractivity contribution in [2.45, 2.75) is 13.5 Å². The highest BCUT2D eigenvalue weighted by molar-refractivity contribution is 6.30. The summed E-state index contributed by atoms with van der Waals surface area (Å²) in [5, 5.41) is 0.622. The van der Waals surface area contributed by atoms with Gasteiger partial charge in [0.1, 0.15) is 23.9 Å². The molecular weight excluding hydrogens is 364 g/mol. The van der Waals surface area contributed by atoms with Crippen molar-refractivity contribution in [3.8, 4) is 17.2 Å². The quantitative estimate of drug-likeness (QED) is 0.415. The summed E-state index contributed by atoms with van der Waals surface area (Å²) in [4.78, 5) is 12.0. The zero-order valence-corrected chi connectivity index (χ0v) is 15.6. The molecule has 0 atom stereocenters. The number of rotatable bonds is 7. The van der Waals surface area contributed by atoms with Crippen molar-refractivity contribution in [1.29, 1.82) is 0 Å². The van der Waals surface area contributed by atoms with E-state index in [2.05, 4.69) is 0 Å². The molecule has 27 heavy (non-hydrogen) atoms. The fraction of sp³-hybridized carbons (Fsp3) is 0.136. The van der Waals surface area contributed by atoms with Gasteiger partial charge in [0.05, 0.1) is 0 Å². The monoisotopic (exact) mass is 382 g/mol. The molecule has 0 heterocycles. The largest absolute Gasteiger partial charge is 0.489 e. The zero-order valence-electron chi connectivity index (χ0n) is 14.9. The lowest BCUT2D eigenvalue weighted by Crippen LogP contribution is -2.18. The predicted octanol–water partition coefficient (Wildman–Crippen LogP) is 5.21. The number of aryl methyl sites for hydroxylation is 1. The van der Waals surface area contributed by atoms with E-state index in [1.807, 2.05) is 37.3 Å². The van der Waals surface area contributed by atoms with Gasteiger partial charge in [-0.15, -0.1) is 0 Å². The second-order valence-electron chi connectivity index (χ2n) is 5.92. The third-order valence-corrected chi connectivity index (χ3v) is 4.02. The van der Waals surface area contributed by atoms with Crippen LogP contribution in [0.15, 0.2) is 72.8 Å². The Hall–Kier alpha value is -2.98. The molecule has 4 nitrogen and oxygen atoms in total. The van der Waals surface area contributed by atoms with Crippen molar-refractivity contribution in [3.63, 3.8) is 0 Å². The highest BCUT2D eigenvalue weighted by Crippen LogP contribution is 2.22. The van der Waals surface area contributed by atoms with Gasteiger partial charge in [-0.1, -0.05) is 41.9 Å². The zero-order chi connectivity index (χ0) is 19.1. The Labute approximate surface area is 163 Å². The number of hydrogen-bond donors (Lipinski definition) is 0. The lowest BCUT2D eigenvalue weighted by atomic mass is 10.2. The molecule has 5 heteroatoms. The molecule has 3 aromatic carbocycles. The van der Waals surface area contributed by atoms with Crippen molar-refractivity contribution in [3.05, 3.63) is 88.9 Å². The van der Waals surface area contributed by atoms with Crippen LogP contribution in [0.2, 0.25) is 5.02 Å². The third kappa shape index (κ3) is 5.76. The van der Waals surface area contributed by atoms with Gasteiger partial charge in [-0.2, -0.15) is 0 Å². The molecule has 0 bridgehead atoms. The van der Waals surface area contributed by atoms with Gasteiger partial charge in [-0.05, 0) is 60.5 Å². The number of carbonyl (C=O) groups is 1. The van der Waals surface area contributed by atoms with Crippen LogP contribution in [0.25, 0.3) is 0 Å². The number of benzene rings is 3. The SMILES string of the molecule is Cc1cc(Cl)ccc1OCC(=O)Oc1ccc(OCc2ccccc2)cc1. The Bertz CT molecular complexity index is 892. The first kappa shape index (κ1) is 18.8. The minimum Gasteiger partial charge on any atom is -0.489 e. The molecule has 0 aromatic heterocycles. The Morgan fingerprint density at radius 1 is 0.889 bits per heavy atom. The van der Waals surface area contributed by atoms with Gasteiger partial charge in [-0.3, -0.25) is 0 Å². The standard InChI is InChI=1S/C22H19ClO4/c1-16-13-18(23)7-12-21(16)26-15-22(24)27-20-10-8-19(9-11-20)25-14-17-5-3-2-4-6-17/h2-13H,14-15H2,1H3. The van der Waals surface area contributed by atoms with Crippen molar-refractivity contribution in [1.82, 2.24) is 0 Å². The van der Waals surface area contributed by atoms with Gasteiger partial charge in [0, 0.05) is 5.02 Å². The second kappa shape index (κ2) is 9.10. The Balaban J connectivity index is 1.48. The van der Waals surface area contributed by atoms with Crippen LogP contribution in [0.3, 0.4) is 0 Å². The molecule has 0 saturated heterocycles.